The first kappa shape index (κ1) is 19.0. The van der Waals surface area contributed by atoms with Gasteiger partial charge in [-0.3, -0.25) is 4.99 Å². The Hall–Kier alpha value is -0.0400. The predicted molar refractivity (Wildman–Crippen MR) is 94.2 cm³/mol. The van der Waals surface area contributed by atoms with Crippen molar-refractivity contribution in [1.82, 2.24) is 9.80 Å². The SMILES string of the molecule is CCC(CC)C(CN=C(N)N(C)C1CC1)N(C)C.I. The molecule has 0 radical (unpaired) electrons. The zero-order valence-corrected chi connectivity index (χ0v) is 15.4. The molecule has 1 fully saturated rings. The summed E-state index contributed by atoms with van der Waals surface area (Å²) in [6.45, 7) is 5.32. The van der Waals surface area contributed by atoms with Gasteiger partial charge in [0.2, 0.25) is 0 Å². The monoisotopic (exact) mass is 382 g/mol. The van der Waals surface area contributed by atoms with Crippen molar-refractivity contribution in [3.63, 3.8) is 0 Å². The van der Waals surface area contributed by atoms with Gasteiger partial charge in [-0.1, -0.05) is 26.7 Å². The van der Waals surface area contributed by atoms with Crippen molar-refractivity contribution in [3.8, 4) is 0 Å². The Balaban J connectivity index is 0.00000324. The molecule has 0 aromatic heterocycles. The van der Waals surface area contributed by atoms with Crippen LogP contribution in [0.15, 0.2) is 4.99 Å². The molecule has 0 bridgehead atoms. The van der Waals surface area contributed by atoms with E-state index >= 15 is 0 Å². The van der Waals surface area contributed by atoms with E-state index in [-0.39, 0.29) is 24.0 Å². The maximum atomic E-state index is 6.05. The zero-order valence-electron chi connectivity index (χ0n) is 13.1. The number of likely N-dealkylation sites (N-methyl/N-ethyl adjacent to an activating group) is 1. The molecule has 1 rings (SSSR count). The number of nitrogens with two attached hydrogens (primary N) is 1. The molecule has 2 N–H and O–H groups in total. The Labute approximate surface area is 135 Å². The lowest BCUT2D eigenvalue weighted by molar-refractivity contribution is 0.205. The van der Waals surface area contributed by atoms with E-state index in [2.05, 4.69) is 49.8 Å². The van der Waals surface area contributed by atoms with E-state index in [4.69, 9.17) is 5.73 Å². The van der Waals surface area contributed by atoms with E-state index in [1.165, 1.54) is 25.7 Å². The van der Waals surface area contributed by atoms with Crippen LogP contribution in [0.2, 0.25) is 0 Å². The van der Waals surface area contributed by atoms with Gasteiger partial charge in [0.25, 0.3) is 0 Å². The Bertz CT molecular complexity index is 273. The summed E-state index contributed by atoms with van der Waals surface area (Å²) in [6.07, 6.45) is 4.92. The molecular weight excluding hydrogens is 351 g/mol. The highest BCUT2D eigenvalue weighted by molar-refractivity contribution is 14.0. The molecule has 1 aliphatic carbocycles. The van der Waals surface area contributed by atoms with Gasteiger partial charge in [0.05, 0.1) is 6.54 Å². The molecule has 1 unspecified atom stereocenters. The van der Waals surface area contributed by atoms with Crippen LogP contribution in [0.5, 0.6) is 0 Å². The maximum Gasteiger partial charge on any atom is 0.191 e. The third-order valence-corrected chi connectivity index (χ3v) is 4.15. The summed E-state index contributed by atoms with van der Waals surface area (Å²) >= 11 is 0. The molecule has 0 amide bonds. The van der Waals surface area contributed by atoms with Crippen LogP contribution in [0, 0.1) is 5.92 Å². The highest BCUT2D eigenvalue weighted by atomic mass is 127. The fraction of sp³-hybridized carbons (Fsp3) is 0.929. The van der Waals surface area contributed by atoms with Crippen molar-refractivity contribution in [2.45, 2.75) is 51.6 Å². The molecule has 5 heteroatoms. The van der Waals surface area contributed by atoms with E-state index in [0.29, 0.717) is 24.0 Å². The standard InChI is InChI=1S/C14H30N4.HI/c1-6-11(7-2)13(17(3)4)10-16-14(15)18(5)12-8-9-12;/h11-13H,6-10H2,1-5H3,(H2,15,16);1H. The quantitative estimate of drug-likeness (QED) is 0.418. The van der Waals surface area contributed by atoms with Gasteiger partial charge in [0.15, 0.2) is 5.96 Å². The van der Waals surface area contributed by atoms with Gasteiger partial charge in [-0.25, -0.2) is 0 Å². The Morgan fingerprint density at radius 3 is 2.11 bits per heavy atom. The average molecular weight is 382 g/mol. The highest BCUT2D eigenvalue weighted by Gasteiger charge is 2.27. The first-order chi connectivity index (χ1) is 8.51. The topological polar surface area (TPSA) is 44.9 Å². The van der Waals surface area contributed by atoms with Gasteiger partial charge in [-0.15, -0.1) is 24.0 Å². The summed E-state index contributed by atoms with van der Waals surface area (Å²) in [4.78, 5) is 9.01. The summed E-state index contributed by atoms with van der Waals surface area (Å²) in [5.41, 5.74) is 6.05. The number of guanidine groups is 1. The first-order valence-electron chi connectivity index (χ1n) is 7.20. The van der Waals surface area contributed by atoms with Crippen LogP contribution in [0.25, 0.3) is 0 Å². The average Bonchev–Trinajstić information content (AvgIpc) is 3.16. The molecule has 0 aromatic rings. The number of nitrogens with zero attached hydrogens (tertiary/aromatic N) is 3. The number of hydrogen-bond donors (Lipinski definition) is 1. The van der Waals surface area contributed by atoms with Crippen molar-refractivity contribution < 1.29 is 0 Å². The van der Waals surface area contributed by atoms with Gasteiger partial charge in [-0.2, -0.15) is 0 Å². The van der Waals surface area contributed by atoms with Crippen LogP contribution in [0.1, 0.15) is 39.5 Å². The largest absolute Gasteiger partial charge is 0.370 e. The zero-order chi connectivity index (χ0) is 13.7. The van der Waals surface area contributed by atoms with Crippen molar-refractivity contribution in [2.24, 2.45) is 16.6 Å². The van der Waals surface area contributed by atoms with Crippen LogP contribution in [-0.4, -0.2) is 55.5 Å². The molecule has 0 saturated heterocycles. The first-order valence-corrected chi connectivity index (χ1v) is 7.20. The highest BCUT2D eigenvalue weighted by Crippen LogP contribution is 2.25. The second-order valence-electron chi connectivity index (χ2n) is 5.65. The van der Waals surface area contributed by atoms with Gasteiger partial charge >= 0.3 is 0 Å². The van der Waals surface area contributed by atoms with Crippen LogP contribution in [0.4, 0.5) is 0 Å². The summed E-state index contributed by atoms with van der Waals surface area (Å²) < 4.78 is 0. The Morgan fingerprint density at radius 2 is 1.74 bits per heavy atom. The molecule has 4 nitrogen and oxygen atoms in total. The molecule has 1 aliphatic rings. The second kappa shape index (κ2) is 9.00. The van der Waals surface area contributed by atoms with Crippen LogP contribution in [0.3, 0.4) is 0 Å². The minimum absolute atomic E-state index is 0. The summed E-state index contributed by atoms with van der Waals surface area (Å²) in [6, 6.07) is 1.13. The molecule has 0 aliphatic heterocycles. The molecule has 0 spiro atoms. The van der Waals surface area contributed by atoms with Crippen molar-refractivity contribution >= 4 is 29.9 Å². The van der Waals surface area contributed by atoms with E-state index < -0.39 is 0 Å². The lowest BCUT2D eigenvalue weighted by Gasteiger charge is -2.30. The lowest BCUT2D eigenvalue weighted by atomic mass is 9.93. The smallest absolute Gasteiger partial charge is 0.191 e. The fourth-order valence-electron chi connectivity index (χ4n) is 2.51. The number of hydrogen-bond acceptors (Lipinski definition) is 2. The summed E-state index contributed by atoms with van der Waals surface area (Å²) in [7, 11) is 6.33. The summed E-state index contributed by atoms with van der Waals surface area (Å²) in [5, 5.41) is 0. The number of halogens is 1. The number of rotatable bonds is 7. The Morgan fingerprint density at radius 1 is 1.21 bits per heavy atom. The van der Waals surface area contributed by atoms with E-state index in [1.807, 2.05) is 0 Å². The van der Waals surface area contributed by atoms with Crippen LogP contribution in [-0.2, 0) is 0 Å². The molecular formula is C14H31IN4. The van der Waals surface area contributed by atoms with Crippen LogP contribution < -0.4 is 5.73 Å². The van der Waals surface area contributed by atoms with Crippen molar-refractivity contribution in [1.29, 1.82) is 0 Å². The number of aliphatic imine (C=N–C) groups is 1. The van der Waals surface area contributed by atoms with E-state index in [1.54, 1.807) is 0 Å². The van der Waals surface area contributed by atoms with Crippen molar-refractivity contribution in [3.05, 3.63) is 0 Å². The third-order valence-electron chi connectivity index (χ3n) is 4.15. The van der Waals surface area contributed by atoms with E-state index in [9.17, 15) is 0 Å². The molecule has 0 heterocycles. The maximum absolute atomic E-state index is 6.05. The van der Waals surface area contributed by atoms with E-state index in [0.717, 1.165) is 6.54 Å². The normalized spacial score (nSPS) is 17.5. The molecule has 114 valence electrons. The molecule has 1 atom stereocenters. The fourth-order valence-corrected chi connectivity index (χ4v) is 2.51. The molecule has 1 saturated carbocycles. The van der Waals surface area contributed by atoms with Gasteiger partial charge in [0, 0.05) is 19.1 Å². The minimum Gasteiger partial charge on any atom is -0.370 e. The third kappa shape index (κ3) is 5.85. The molecule has 19 heavy (non-hydrogen) atoms. The minimum atomic E-state index is 0. The van der Waals surface area contributed by atoms with Crippen molar-refractivity contribution in [2.75, 3.05) is 27.7 Å². The summed E-state index contributed by atoms with van der Waals surface area (Å²) in [5.74, 6) is 1.40. The van der Waals surface area contributed by atoms with Gasteiger partial charge in [0.1, 0.15) is 0 Å². The van der Waals surface area contributed by atoms with Gasteiger partial charge in [-0.05, 0) is 32.9 Å². The molecule has 0 aromatic carbocycles. The van der Waals surface area contributed by atoms with Gasteiger partial charge < -0.3 is 15.5 Å². The Kier molecular flexibility index (Phi) is 8.98. The predicted octanol–water partition coefficient (Wildman–Crippen LogP) is 2.38. The van der Waals surface area contributed by atoms with Crippen LogP contribution >= 0.6 is 24.0 Å². The lowest BCUT2D eigenvalue weighted by Crippen LogP contribution is -2.40. The second-order valence-corrected chi connectivity index (χ2v) is 5.65.